The van der Waals surface area contributed by atoms with E-state index in [1.165, 1.54) is 4.31 Å². The number of hydrogen-bond acceptors (Lipinski definition) is 5. The lowest BCUT2D eigenvalue weighted by molar-refractivity contribution is 0.345. The normalized spacial score (nSPS) is 15.9. The van der Waals surface area contributed by atoms with Crippen LogP contribution in [0.4, 0.5) is 0 Å². The Morgan fingerprint density at radius 1 is 1.12 bits per heavy atom. The number of aromatic nitrogens is 4. The number of aromatic amines is 2. The van der Waals surface area contributed by atoms with Crippen molar-refractivity contribution < 1.29 is 8.42 Å². The molecule has 9 nitrogen and oxygen atoms in total. The van der Waals surface area contributed by atoms with E-state index in [9.17, 15) is 18.0 Å². The van der Waals surface area contributed by atoms with E-state index >= 15 is 0 Å². The molecule has 2 aromatic heterocycles. The van der Waals surface area contributed by atoms with Crippen LogP contribution in [-0.2, 0) is 28.5 Å². The fourth-order valence-corrected chi connectivity index (χ4v) is 5.20. The molecule has 0 saturated carbocycles. The van der Waals surface area contributed by atoms with Gasteiger partial charge in [0.2, 0.25) is 10.0 Å². The van der Waals surface area contributed by atoms with Gasteiger partial charge in [0, 0.05) is 17.8 Å². The number of fused-ring (bicyclic) bond motifs is 1. The molecule has 0 bridgehead atoms. The van der Waals surface area contributed by atoms with E-state index in [0.717, 1.165) is 0 Å². The summed E-state index contributed by atoms with van der Waals surface area (Å²) in [5.41, 5.74) is 0.315. The van der Waals surface area contributed by atoms with E-state index in [0.29, 0.717) is 22.6 Å². The molecule has 0 amide bonds. The minimum Gasteiger partial charge on any atom is -0.310 e. The maximum Gasteiger partial charge on any atom is 0.325 e. The van der Waals surface area contributed by atoms with Crippen LogP contribution >= 0.6 is 0 Å². The topological polar surface area (TPSA) is 121 Å². The average Bonchev–Trinajstić information content (AvgIpc) is 2.81. The highest BCUT2D eigenvalue weighted by atomic mass is 32.2. The molecule has 142 valence electrons. The highest BCUT2D eigenvalue weighted by Gasteiger charge is 2.35. The fraction of sp³-hybridized carbons (Fsp3) is 0.562. The second-order valence-corrected chi connectivity index (χ2v) is 9.41. The zero-order chi connectivity index (χ0) is 19.4. The molecular weight excluding hydrogens is 358 g/mol. The van der Waals surface area contributed by atoms with Crippen molar-refractivity contribution in [2.45, 2.75) is 58.0 Å². The van der Waals surface area contributed by atoms with Crippen LogP contribution in [0.25, 0.3) is 0 Å². The van der Waals surface area contributed by atoms with E-state index in [-0.39, 0.29) is 29.9 Å². The molecular formula is C16H23N5O4S. The van der Waals surface area contributed by atoms with Crippen LogP contribution in [0, 0.1) is 13.8 Å². The smallest absolute Gasteiger partial charge is 0.310 e. The molecule has 0 saturated heterocycles. The number of sulfonamides is 1. The third-order valence-electron chi connectivity index (χ3n) is 4.53. The van der Waals surface area contributed by atoms with E-state index in [1.54, 1.807) is 18.5 Å². The predicted molar refractivity (Wildman–Crippen MR) is 95.7 cm³/mol. The van der Waals surface area contributed by atoms with Crippen molar-refractivity contribution in [2.75, 3.05) is 6.54 Å². The molecule has 1 aliphatic rings. The summed E-state index contributed by atoms with van der Waals surface area (Å²) < 4.78 is 29.5. The van der Waals surface area contributed by atoms with E-state index in [2.05, 4.69) is 15.1 Å². The maximum absolute atomic E-state index is 13.2. The molecule has 26 heavy (non-hydrogen) atoms. The maximum atomic E-state index is 13.2. The second-order valence-electron chi connectivity index (χ2n) is 7.54. The summed E-state index contributed by atoms with van der Waals surface area (Å²) in [5, 5.41) is 4.41. The van der Waals surface area contributed by atoms with Crippen molar-refractivity contribution in [2.24, 2.45) is 0 Å². The molecule has 0 fully saturated rings. The molecule has 0 atom stereocenters. The van der Waals surface area contributed by atoms with Crippen LogP contribution in [0.1, 0.15) is 43.4 Å². The van der Waals surface area contributed by atoms with Crippen LogP contribution < -0.4 is 11.2 Å². The molecule has 10 heteroatoms. The third-order valence-corrected chi connectivity index (χ3v) is 6.63. The largest absolute Gasteiger partial charge is 0.325 e. The Morgan fingerprint density at radius 3 is 2.35 bits per heavy atom. The first-order chi connectivity index (χ1) is 11.9. The third kappa shape index (κ3) is 2.92. The minimum atomic E-state index is -3.82. The summed E-state index contributed by atoms with van der Waals surface area (Å²) in [6.07, 6.45) is 0.242. The van der Waals surface area contributed by atoms with Crippen LogP contribution in [-0.4, -0.2) is 39.0 Å². The fourth-order valence-electron chi connectivity index (χ4n) is 3.44. The van der Waals surface area contributed by atoms with Gasteiger partial charge in [-0.2, -0.15) is 9.40 Å². The Kier molecular flexibility index (Phi) is 4.23. The van der Waals surface area contributed by atoms with Crippen LogP contribution in [0.5, 0.6) is 0 Å². The highest BCUT2D eigenvalue weighted by molar-refractivity contribution is 7.89. The Balaban J connectivity index is 2.07. The van der Waals surface area contributed by atoms with Crippen LogP contribution in [0.15, 0.2) is 14.5 Å². The summed E-state index contributed by atoms with van der Waals surface area (Å²) in [4.78, 5) is 28.3. The second kappa shape index (κ2) is 5.92. The summed E-state index contributed by atoms with van der Waals surface area (Å²) >= 11 is 0. The summed E-state index contributed by atoms with van der Waals surface area (Å²) in [6, 6.07) is 0. The van der Waals surface area contributed by atoms with Crippen molar-refractivity contribution in [1.29, 1.82) is 0 Å². The van der Waals surface area contributed by atoms with Crippen molar-refractivity contribution in [1.82, 2.24) is 24.1 Å². The van der Waals surface area contributed by atoms with Gasteiger partial charge < -0.3 is 4.98 Å². The lowest BCUT2D eigenvalue weighted by Crippen LogP contribution is -2.41. The van der Waals surface area contributed by atoms with Gasteiger partial charge in [0.1, 0.15) is 4.90 Å². The summed E-state index contributed by atoms with van der Waals surface area (Å²) in [6.45, 7) is 9.40. The van der Waals surface area contributed by atoms with Crippen molar-refractivity contribution in [3.05, 3.63) is 43.5 Å². The number of hydrogen-bond donors (Lipinski definition) is 2. The van der Waals surface area contributed by atoms with Crippen molar-refractivity contribution in [3.63, 3.8) is 0 Å². The zero-order valence-corrected chi connectivity index (χ0v) is 16.3. The van der Waals surface area contributed by atoms with Gasteiger partial charge in [-0.3, -0.25) is 14.5 Å². The van der Waals surface area contributed by atoms with Gasteiger partial charge in [0.15, 0.2) is 0 Å². The SMILES string of the molecule is Cc1nn(C(C)(C)C)c(C)c1S(=O)(=O)N1CCc2c([nH]c(=O)[nH]c2=O)C1. The molecule has 3 rings (SSSR count). The van der Waals surface area contributed by atoms with Crippen LogP contribution in [0.2, 0.25) is 0 Å². The van der Waals surface area contributed by atoms with Crippen LogP contribution in [0.3, 0.4) is 0 Å². The van der Waals surface area contributed by atoms with Gasteiger partial charge in [0.25, 0.3) is 5.56 Å². The monoisotopic (exact) mass is 381 g/mol. The van der Waals surface area contributed by atoms with Gasteiger partial charge in [-0.05, 0) is 41.0 Å². The molecule has 1 aliphatic heterocycles. The molecule has 0 radical (unpaired) electrons. The van der Waals surface area contributed by atoms with Gasteiger partial charge in [-0.15, -0.1) is 0 Å². The van der Waals surface area contributed by atoms with Crippen molar-refractivity contribution >= 4 is 10.0 Å². The minimum absolute atomic E-state index is 0.0452. The lowest BCUT2D eigenvalue weighted by atomic mass is 10.1. The summed E-state index contributed by atoms with van der Waals surface area (Å²) in [7, 11) is -3.82. The Labute approximate surface area is 151 Å². The first kappa shape index (κ1) is 18.6. The average molecular weight is 381 g/mol. The number of H-pyrrole nitrogens is 2. The van der Waals surface area contributed by atoms with Gasteiger partial charge in [-0.25, -0.2) is 13.2 Å². The van der Waals surface area contributed by atoms with Crippen molar-refractivity contribution in [3.8, 4) is 0 Å². The van der Waals surface area contributed by atoms with E-state index in [1.807, 2.05) is 20.8 Å². The number of rotatable bonds is 2. The molecule has 3 heterocycles. The van der Waals surface area contributed by atoms with Gasteiger partial charge in [0.05, 0.1) is 23.5 Å². The number of nitrogens with zero attached hydrogens (tertiary/aromatic N) is 3. The Morgan fingerprint density at radius 2 is 1.77 bits per heavy atom. The zero-order valence-electron chi connectivity index (χ0n) is 15.5. The Bertz CT molecular complexity index is 1090. The summed E-state index contributed by atoms with van der Waals surface area (Å²) in [5.74, 6) is 0. The molecule has 0 aliphatic carbocycles. The van der Waals surface area contributed by atoms with Gasteiger partial charge in [-0.1, -0.05) is 0 Å². The molecule has 0 unspecified atom stereocenters. The molecule has 0 spiro atoms. The first-order valence-electron chi connectivity index (χ1n) is 8.34. The predicted octanol–water partition coefficient (Wildman–Crippen LogP) is 0.379. The first-order valence-corrected chi connectivity index (χ1v) is 9.78. The number of nitrogens with one attached hydrogen (secondary N) is 2. The molecule has 2 N–H and O–H groups in total. The Hall–Kier alpha value is -2.20. The molecule has 0 aromatic carbocycles. The lowest BCUT2D eigenvalue weighted by Gasteiger charge is -2.27. The van der Waals surface area contributed by atoms with E-state index in [4.69, 9.17) is 0 Å². The quantitative estimate of drug-likeness (QED) is 0.779. The molecule has 2 aromatic rings. The van der Waals surface area contributed by atoms with Gasteiger partial charge >= 0.3 is 5.69 Å². The standard InChI is InChI=1S/C16H23N5O4S/c1-9-13(10(2)21(19-9)16(3,4)5)26(24,25)20-7-6-11-12(8-20)17-15(23)18-14(11)22/h6-8H2,1-5H3,(H2,17,18,22,23). The highest BCUT2D eigenvalue weighted by Crippen LogP contribution is 2.29. The van der Waals surface area contributed by atoms with E-state index < -0.39 is 21.3 Å². The number of aryl methyl sites for hydroxylation is 1.